The maximum absolute atomic E-state index is 13.8. The number of aryl methyl sites for hydroxylation is 1. The van der Waals surface area contributed by atoms with Gasteiger partial charge in [-0.05, 0) is 42.8 Å². The van der Waals surface area contributed by atoms with Crippen molar-refractivity contribution in [3.05, 3.63) is 62.3 Å². The van der Waals surface area contributed by atoms with Crippen molar-refractivity contribution in [2.75, 3.05) is 32.8 Å². The second kappa shape index (κ2) is 11.0. The molecule has 1 aliphatic heterocycles. The predicted molar refractivity (Wildman–Crippen MR) is 116 cm³/mol. The van der Waals surface area contributed by atoms with Gasteiger partial charge in [0, 0.05) is 35.2 Å². The lowest BCUT2D eigenvalue weighted by molar-refractivity contribution is -0.0460. The van der Waals surface area contributed by atoms with Crippen LogP contribution in [0.15, 0.2) is 30.3 Å². The Labute approximate surface area is 190 Å². The summed E-state index contributed by atoms with van der Waals surface area (Å²) >= 11 is 17.9. The maximum atomic E-state index is 13.8. The first-order valence-electron chi connectivity index (χ1n) is 8.89. The van der Waals surface area contributed by atoms with E-state index in [1.54, 1.807) is 12.1 Å². The Morgan fingerprint density at radius 1 is 1.24 bits per heavy atom. The molecule has 9 heteroatoms. The number of morpholine rings is 1. The van der Waals surface area contributed by atoms with Crippen LogP contribution in [0.2, 0.25) is 15.1 Å². The first kappa shape index (κ1) is 24.5. The van der Waals surface area contributed by atoms with E-state index in [9.17, 15) is 9.50 Å². The fourth-order valence-electron chi connectivity index (χ4n) is 3.15. The molecule has 0 spiro atoms. The average Bonchev–Trinajstić information content (AvgIpc) is 2.64. The Hall–Kier alpha value is -0.790. The van der Waals surface area contributed by atoms with Crippen molar-refractivity contribution in [2.45, 2.75) is 19.1 Å². The van der Waals surface area contributed by atoms with Gasteiger partial charge in [0.25, 0.3) is 0 Å². The van der Waals surface area contributed by atoms with Crippen LogP contribution in [-0.4, -0.2) is 49.0 Å². The van der Waals surface area contributed by atoms with E-state index >= 15 is 0 Å². The highest BCUT2D eigenvalue weighted by molar-refractivity contribution is 6.35. The molecule has 1 fully saturated rings. The number of hydrogen-bond donors (Lipinski definition) is 1. The van der Waals surface area contributed by atoms with Gasteiger partial charge in [-0.25, -0.2) is 4.39 Å². The smallest absolute Gasteiger partial charge is 0.142 e. The molecule has 160 valence electrons. The molecule has 1 aliphatic rings. The van der Waals surface area contributed by atoms with E-state index in [4.69, 9.17) is 44.3 Å². The zero-order valence-corrected chi connectivity index (χ0v) is 18.8. The minimum atomic E-state index is -0.689. The van der Waals surface area contributed by atoms with E-state index in [0.29, 0.717) is 47.6 Å². The molecular formula is C20H22Cl4FNO3. The number of ether oxygens (including phenoxy) is 2. The molecule has 2 aromatic carbocycles. The van der Waals surface area contributed by atoms with Crippen molar-refractivity contribution in [1.82, 2.24) is 4.90 Å². The van der Waals surface area contributed by atoms with Gasteiger partial charge in [0.2, 0.25) is 0 Å². The molecule has 1 saturated heterocycles. The Balaban J connectivity index is 0.00000300. The van der Waals surface area contributed by atoms with Crippen LogP contribution >= 0.6 is 47.2 Å². The second-order valence-electron chi connectivity index (χ2n) is 6.78. The molecule has 29 heavy (non-hydrogen) atoms. The van der Waals surface area contributed by atoms with Gasteiger partial charge in [-0.1, -0.05) is 34.8 Å². The normalized spacial score (nSPS) is 18.2. The van der Waals surface area contributed by atoms with Gasteiger partial charge in [0.1, 0.15) is 24.3 Å². The molecular weight excluding hydrogens is 463 g/mol. The molecule has 2 atom stereocenters. The molecule has 2 unspecified atom stereocenters. The van der Waals surface area contributed by atoms with Crippen molar-refractivity contribution in [3.63, 3.8) is 0 Å². The lowest BCUT2D eigenvalue weighted by Crippen LogP contribution is -2.43. The fourth-order valence-corrected chi connectivity index (χ4v) is 3.88. The van der Waals surface area contributed by atoms with Gasteiger partial charge in [-0.2, -0.15) is 0 Å². The van der Waals surface area contributed by atoms with Gasteiger partial charge in [-0.3, -0.25) is 4.90 Å². The van der Waals surface area contributed by atoms with Gasteiger partial charge >= 0.3 is 0 Å². The molecule has 0 aromatic heterocycles. The van der Waals surface area contributed by atoms with Gasteiger partial charge in [-0.15, -0.1) is 12.4 Å². The van der Waals surface area contributed by atoms with Gasteiger partial charge < -0.3 is 14.6 Å². The molecule has 0 amide bonds. The van der Waals surface area contributed by atoms with Crippen molar-refractivity contribution in [2.24, 2.45) is 0 Å². The second-order valence-corrected chi connectivity index (χ2v) is 8.03. The molecule has 0 saturated carbocycles. The summed E-state index contributed by atoms with van der Waals surface area (Å²) in [5.74, 6) is 0.153. The van der Waals surface area contributed by atoms with E-state index in [0.717, 1.165) is 5.56 Å². The molecule has 1 N–H and O–H groups in total. The Morgan fingerprint density at radius 2 is 2.00 bits per heavy atom. The predicted octanol–water partition coefficient (Wildman–Crippen LogP) is 5.33. The molecule has 1 heterocycles. The van der Waals surface area contributed by atoms with Crippen LogP contribution < -0.4 is 4.74 Å². The van der Waals surface area contributed by atoms with Crippen LogP contribution in [0, 0.1) is 12.7 Å². The SMILES string of the molecule is Cc1cc(Cl)ccc1OCC(O)CN1CCOC(c2cc(F)c(Cl)cc2Cl)C1.Cl. The monoisotopic (exact) mass is 483 g/mol. The van der Waals surface area contributed by atoms with Crippen molar-refractivity contribution >= 4 is 47.2 Å². The first-order valence-corrected chi connectivity index (χ1v) is 10.0. The van der Waals surface area contributed by atoms with Crippen molar-refractivity contribution < 1.29 is 19.0 Å². The quantitative estimate of drug-likeness (QED) is 0.562. The van der Waals surface area contributed by atoms with Crippen molar-refractivity contribution in [1.29, 1.82) is 0 Å². The maximum Gasteiger partial charge on any atom is 0.142 e. The fraction of sp³-hybridized carbons (Fsp3) is 0.400. The number of hydrogen-bond acceptors (Lipinski definition) is 4. The Bertz CT molecular complexity index is 840. The largest absolute Gasteiger partial charge is 0.491 e. The van der Waals surface area contributed by atoms with Crippen LogP contribution in [-0.2, 0) is 4.74 Å². The Kier molecular flexibility index (Phi) is 9.29. The summed E-state index contributed by atoms with van der Waals surface area (Å²) in [6, 6.07) is 8.03. The van der Waals surface area contributed by atoms with Crippen LogP contribution in [0.25, 0.3) is 0 Å². The van der Waals surface area contributed by atoms with Crippen LogP contribution in [0.1, 0.15) is 17.2 Å². The lowest BCUT2D eigenvalue weighted by atomic mass is 10.1. The highest BCUT2D eigenvalue weighted by Gasteiger charge is 2.26. The Morgan fingerprint density at radius 3 is 2.72 bits per heavy atom. The topological polar surface area (TPSA) is 41.9 Å². The zero-order chi connectivity index (χ0) is 20.3. The summed E-state index contributed by atoms with van der Waals surface area (Å²) in [5.41, 5.74) is 1.46. The summed E-state index contributed by atoms with van der Waals surface area (Å²) in [6.45, 7) is 4.05. The number of β-amino-alcohol motifs (C(OH)–C–C–N with tert-alkyl or cyclic N) is 1. The van der Waals surface area contributed by atoms with E-state index in [1.807, 2.05) is 17.9 Å². The molecule has 2 aromatic rings. The summed E-state index contributed by atoms with van der Waals surface area (Å²) in [5, 5.41) is 11.3. The van der Waals surface area contributed by atoms with Crippen molar-refractivity contribution in [3.8, 4) is 5.75 Å². The summed E-state index contributed by atoms with van der Waals surface area (Å²) in [7, 11) is 0. The van der Waals surface area contributed by atoms with E-state index < -0.39 is 11.9 Å². The zero-order valence-electron chi connectivity index (χ0n) is 15.7. The number of nitrogens with zero attached hydrogens (tertiary/aromatic N) is 1. The van der Waals surface area contributed by atoms with E-state index in [2.05, 4.69) is 0 Å². The lowest BCUT2D eigenvalue weighted by Gasteiger charge is -2.34. The third kappa shape index (κ3) is 6.59. The number of halogens is 5. The van der Waals surface area contributed by atoms with Crippen LogP contribution in [0.4, 0.5) is 4.39 Å². The highest BCUT2D eigenvalue weighted by Crippen LogP contribution is 2.32. The van der Waals surface area contributed by atoms with Crippen LogP contribution in [0.3, 0.4) is 0 Å². The van der Waals surface area contributed by atoms with Crippen LogP contribution in [0.5, 0.6) is 5.75 Å². The number of rotatable bonds is 6. The van der Waals surface area contributed by atoms with Gasteiger partial charge in [0.05, 0.1) is 17.7 Å². The van der Waals surface area contributed by atoms with E-state index in [-0.39, 0.29) is 30.1 Å². The first-order chi connectivity index (χ1) is 13.3. The molecule has 4 nitrogen and oxygen atoms in total. The number of aliphatic hydroxyl groups excluding tert-OH is 1. The third-order valence-electron chi connectivity index (χ3n) is 4.57. The molecule has 0 bridgehead atoms. The third-order valence-corrected chi connectivity index (χ3v) is 5.43. The van der Waals surface area contributed by atoms with E-state index in [1.165, 1.54) is 12.1 Å². The summed E-state index contributed by atoms with van der Waals surface area (Å²) in [6.07, 6.45) is -1.08. The molecule has 3 rings (SSSR count). The minimum absolute atomic E-state index is 0. The van der Waals surface area contributed by atoms with Gasteiger partial charge in [0.15, 0.2) is 0 Å². The number of aliphatic hydroxyl groups is 1. The number of benzene rings is 2. The minimum Gasteiger partial charge on any atom is -0.491 e. The summed E-state index contributed by atoms with van der Waals surface area (Å²) in [4.78, 5) is 2.04. The summed E-state index contributed by atoms with van der Waals surface area (Å²) < 4.78 is 25.3. The molecule has 0 aliphatic carbocycles. The standard InChI is InChI=1S/C20H21Cl3FNO3.ClH/c1-12-6-13(21)2-3-19(12)28-11-14(26)9-25-4-5-27-20(10-25)15-7-18(24)17(23)8-16(15)22;/h2-3,6-8,14,20,26H,4-5,9-11H2,1H3;1H. The highest BCUT2D eigenvalue weighted by atomic mass is 35.5. The average molecular weight is 485 g/mol. The molecule has 0 radical (unpaired) electrons.